The number of unbranched alkanes of at least 4 members (excludes halogenated alkanes) is 2. The molecule has 0 spiro atoms. The third-order valence-electron chi connectivity index (χ3n) is 4.18. The number of likely N-dealkylation sites (tertiary alicyclic amines) is 1. The molecule has 5 nitrogen and oxygen atoms in total. The zero-order valence-electron chi connectivity index (χ0n) is 15.1. The number of hydrogen-bond donors (Lipinski definition) is 2. The van der Waals surface area contributed by atoms with Crippen molar-refractivity contribution < 1.29 is 19.8 Å². The van der Waals surface area contributed by atoms with Crippen LogP contribution in [0.25, 0.3) is 0 Å². The fourth-order valence-corrected chi connectivity index (χ4v) is 3.38. The van der Waals surface area contributed by atoms with Gasteiger partial charge in [-0.2, -0.15) is 0 Å². The van der Waals surface area contributed by atoms with Gasteiger partial charge in [0, 0.05) is 18.7 Å². The Hall–Kier alpha value is -1.27. The van der Waals surface area contributed by atoms with Gasteiger partial charge in [-0.3, -0.25) is 9.59 Å². The van der Waals surface area contributed by atoms with Crippen molar-refractivity contribution in [3.05, 3.63) is 24.3 Å². The maximum Gasteiger partial charge on any atom is 0.313 e. The van der Waals surface area contributed by atoms with Crippen molar-refractivity contribution in [2.24, 2.45) is 0 Å². The van der Waals surface area contributed by atoms with Crippen LogP contribution in [-0.2, 0) is 9.59 Å². The van der Waals surface area contributed by atoms with Crippen molar-refractivity contribution in [3.63, 3.8) is 0 Å². The lowest BCUT2D eigenvalue weighted by Crippen LogP contribution is -2.42. The van der Waals surface area contributed by atoms with Crippen LogP contribution in [0.4, 0.5) is 0 Å². The summed E-state index contributed by atoms with van der Waals surface area (Å²) in [5.41, 5.74) is 0. The molecule has 6 heteroatoms. The molecule has 0 saturated carbocycles. The summed E-state index contributed by atoms with van der Waals surface area (Å²) >= 11 is 1.34. The molecule has 0 bridgehead atoms. The van der Waals surface area contributed by atoms with Crippen LogP contribution < -0.4 is 0 Å². The number of thioether (sulfide) groups is 1. The molecule has 1 rings (SSSR count). The van der Waals surface area contributed by atoms with E-state index >= 15 is 0 Å². The molecule has 0 aliphatic carbocycles. The highest BCUT2D eigenvalue weighted by atomic mass is 32.2. The van der Waals surface area contributed by atoms with Gasteiger partial charge in [0.1, 0.15) is 0 Å². The Kier molecular flexibility index (Phi) is 11.3. The maximum absolute atomic E-state index is 12.2. The average Bonchev–Trinajstić information content (AvgIpc) is 2.57. The number of carbonyl (C=O) groups excluding carboxylic acids is 1. The topological polar surface area (TPSA) is 77.8 Å². The first-order valence-corrected chi connectivity index (χ1v) is 10.3. The summed E-state index contributed by atoms with van der Waals surface area (Å²) in [5, 5.41) is 18.6. The summed E-state index contributed by atoms with van der Waals surface area (Å²) in [6, 6.07) is 0.0402. The van der Waals surface area contributed by atoms with Crippen molar-refractivity contribution in [1.82, 2.24) is 4.90 Å². The number of aliphatic carboxylic acids is 1. The molecule has 2 atom stereocenters. The lowest BCUT2D eigenvalue weighted by atomic mass is 10.00. The Morgan fingerprint density at radius 2 is 2.20 bits per heavy atom. The van der Waals surface area contributed by atoms with Gasteiger partial charge in [0.2, 0.25) is 5.91 Å². The van der Waals surface area contributed by atoms with E-state index in [1.807, 2.05) is 29.2 Å². The molecule has 1 unspecified atom stereocenters. The Morgan fingerprint density at radius 1 is 1.40 bits per heavy atom. The SMILES string of the molecule is CCCCCC(O)C=C[C@H]1CCCC(=O)N1CC=CCSCC(=O)O. The van der Waals surface area contributed by atoms with Crippen molar-refractivity contribution in [2.45, 2.75) is 64.0 Å². The Labute approximate surface area is 155 Å². The summed E-state index contributed by atoms with van der Waals surface area (Å²) in [5.74, 6) is 0.0516. The smallest absolute Gasteiger partial charge is 0.313 e. The number of rotatable bonds is 12. The second-order valence-corrected chi connectivity index (χ2v) is 7.36. The van der Waals surface area contributed by atoms with Crippen molar-refractivity contribution in [1.29, 1.82) is 0 Å². The quantitative estimate of drug-likeness (QED) is 0.408. The third-order valence-corrected chi connectivity index (χ3v) is 5.06. The molecular formula is C19H31NO4S. The molecule has 0 aromatic heterocycles. The number of amides is 1. The van der Waals surface area contributed by atoms with Gasteiger partial charge in [-0.05, 0) is 19.3 Å². The lowest BCUT2D eigenvalue weighted by molar-refractivity contribution is -0.135. The standard InChI is InChI=1S/C19H31NO4S/c1-2-3-4-9-17(21)12-11-16-8-7-10-18(22)20(16)13-5-6-14-25-15-19(23)24/h5-6,11-12,16-17,21H,2-4,7-10,13-15H2,1H3,(H,23,24)/t16-,17?/m1/s1. The number of aliphatic hydroxyl groups excluding tert-OH is 1. The number of piperidine rings is 1. The van der Waals surface area contributed by atoms with Crippen molar-refractivity contribution >= 4 is 23.6 Å². The van der Waals surface area contributed by atoms with Crippen LogP contribution in [0.1, 0.15) is 51.9 Å². The number of carbonyl (C=O) groups is 2. The predicted octanol–water partition coefficient (Wildman–Crippen LogP) is 3.24. The van der Waals surface area contributed by atoms with Crippen LogP contribution in [0.2, 0.25) is 0 Å². The third kappa shape index (κ3) is 9.70. The van der Waals surface area contributed by atoms with Gasteiger partial charge in [-0.15, -0.1) is 11.8 Å². The molecule has 0 aromatic carbocycles. The van der Waals surface area contributed by atoms with Gasteiger partial charge in [-0.25, -0.2) is 0 Å². The van der Waals surface area contributed by atoms with E-state index in [4.69, 9.17) is 5.11 Å². The van der Waals surface area contributed by atoms with E-state index in [9.17, 15) is 14.7 Å². The zero-order valence-corrected chi connectivity index (χ0v) is 15.9. The van der Waals surface area contributed by atoms with Gasteiger partial charge >= 0.3 is 5.97 Å². The minimum atomic E-state index is -0.813. The van der Waals surface area contributed by atoms with Gasteiger partial charge in [0.25, 0.3) is 0 Å². The lowest BCUT2D eigenvalue weighted by Gasteiger charge is -2.33. The first kappa shape index (κ1) is 21.8. The van der Waals surface area contributed by atoms with E-state index in [2.05, 4.69) is 6.92 Å². The fourth-order valence-electron chi connectivity index (χ4n) is 2.81. The first-order chi connectivity index (χ1) is 12.0. The van der Waals surface area contributed by atoms with Crippen LogP contribution >= 0.6 is 11.8 Å². The fraction of sp³-hybridized carbons (Fsp3) is 0.684. The Bertz CT molecular complexity index is 464. The molecule has 1 amide bonds. The number of aliphatic hydroxyl groups is 1. The van der Waals surface area contributed by atoms with Gasteiger partial charge < -0.3 is 15.1 Å². The average molecular weight is 370 g/mol. The molecular weight excluding hydrogens is 338 g/mol. The van der Waals surface area contributed by atoms with Crippen LogP contribution in [-0.4, -0.2) is 57.2 Å². The second kappa shape index (κ2) is 13.0. The molecule has 0 radical (unpaired) electrons. The second-order valence-electron chi connectivity index (χ2n) is 6.33. The number of nitrogens with zero attached hydrogens (tertiary/aromatic N) is 1. The number of hydrogen-bond acceptors (Lipinski definition) is 4. The minimum absolute atomic E-state index is 0.0402. The van der Waals surface area contributed by atoms with Crippen molar-refractivity contribution in [3.8, 4) is 0 Å². The van der Waals surface area contributed by atoms with Crippen molar-refractivity contribution in [2.75, 3.05) is 18.1 Å². The summed E-state index contributed by atoms with van der Waals surface area (Å²) in [4.78, 5) is 24.5. The van der Waals surface area contributed by atoms with Gasteiger partial charge in [-0.1, -0.05) is 50.5 Å². The van der Waals surface area contributed by atoms with Crippen LogP contribution in [0.15, 0.2) is 24.3 Å². The first-order valence-electron chi connectivity index (χ1n) is 9.15. The molecule has 1 saturated heterocycles. The molecule has 1 fully saturated rings. The monoisotopic (exact) mass is 369 g/mol. The molecule has 142 valence electrons. The molecule has 2 N–H and O–H groups in total. The summed E-state index contributed by atoms with van der Waals surface area (Å²) < 4.78 is 0. The molecule has 25 heavy (non-hydrogen) atoms. The van der Waals surface area contributed by atoms with E-state index in [1.165, 1.54) is 11.8 Å². The highest BCUT2D eigenvalue weighted by Crippen LogP contribution is 2.20. The molecule has 1 heterocycles. The van der Waals surface area contributed by atoms with Gasteiger partial charge in [0.05, 0.1) is 17.9 Å². The Morgan fingerprint density at radius 3 is 2.92 bits per heavy atom. The largest absolute Gasteiger partial charge is 0.481 e. The highest BCUT2D eigenvalue weighted by Gasteiger charge is 2.25. The predicted molar refractivity (Wildman–Crippen MR) is 103 cm³/mol. The van der Waals surface area contributed by atoms with Crippen LogP contribution in [0.3, 0.4) is 0 Å². The van der Waals surface area contributed by atoms with E-state index < -0.39 is 12.1 Å². The maximum atomic E-state index is 12.2. The molecule has 1 aliphatic heterocycles. The number of carboxylic acids is 1. The number of carboxylic acid groups (broad SMARTS) is 1. The van der Waals surface area contributed by atoms with Crippen LogP contribution in [0.5, 0.6) is 0 Å². The summed E-state index contributed by atoms with van der Waals surface area (Å²) in [7, 11) is 0. The van der Waals surface area contributed by atoms with Gasteiger partial charge in [0.15, 0.2) is 0 Å². The molecule has 0 aromatic rings. The molecule has 1 aliphatic rings. The Balaban J connectivity index is 2.45. The normalized spacial score (nSPS) is 19.8. The zero-order chi connectivity index (χ0) is 18.5. The summed E-state index contributed by atoms with van der Waals surface area (Å²) in [6.07, 6.45) is 13.6. The highest BCUT2D eigenvalue weighted by molar-refractivity contribution is 8.00. The van der Waals surface area contributed by atoms with E-state index in [0.29, 0.717) is 18.7 Å². The van der Waals surface area contributed by atoms with E-state index in [-0.39, 0.29) is 17.7 Å². The van der Waals surface area contributed by atoms with E-state index in [1.54, 1.807) is 0 Å². The van der Waals surface area contributed by atoms with E-state index in [0.717, 1.165) is 38.5 Å². The summed E-state index contributed by atoms with van der Waals surface area (Å²) in [6.45, 7) is 2.68. The minimum Gasteiger partial charge on any atom is -0.481 e. The van der Waals surface area contributed by atoms with Crippen LogP contribution in [0, 0.1) is 0 Å².